The second-order valence-corrected chi connectivity index (χ2v) is 4.37. The Morgan fingerprint density at radius 1 is 1.37 bits per heavy atom. The second kappa shape index (κ2) is 6.63. The van der Waals surface area contributed by atoms with E-state index in [1.807, 2.05) is 0 Å². The number of amides is 1. The van der Waals surface area contributed by atoms with E-state index < -0.39 is 0 Å². The Kier molecular flexibility index (Phi) is 5.44. The van der Waals surface area contributed by atoms with Crippen molar-refractivity contribution in [2.75, 3.05) is 27.3 Å². The van der Waals surface area contributed by atoms with Gasteiger partial charge in [0, 0.05) is 19.1 Å². The average molecular weight is 287 g/mol. The summed E-state index contributed by atoms with van der Waals surface area (Å²) in [6.07, 6.45) is 0.845. The number of methoxy groups -OCH3 is 2. The highest BCUT2D eigenvalue weighted by molar-refractivity contribution is 5.97. The third-order valence-electron chi connectivity index (χ3n) is 3.15. The van der Waals surface area contributed by atoms with Gasteiger partial charge in [-0.05, 0) is 24.6 Å². The number of ether oxygens (including phenoxy) is 2. The lowest BCUT2D eigenvalue weighted by atomic mass is 10.1. The van der Waals surface area contributed by atoms with Gasteiger partial charge in [-0.2, -0.15) is 0 Å². The van der Waals surface area contributed by atoms with Gasteiger partial charge < -0.3 is 20.1 Å². The van der Waals surface area contributed by atoms with Crippen LogP contribution in [0.1, 0.15) is 16.8 Å². The van der Waals surface area contributed by atoms with Crippen LogP contribution in [0.5, 0.6) is 11.5 Å². The number of likely N-dealkylation sites (tertiary alicyclic amines) is 1. The molecule has 1 saturated heterocycles. The fourth-order valence-electron chi connectivity index (χ4n) is 2.12. The van der Waals surface area contributed by atoms with Crippen LogP contribution in [0.2, 0.25) is 0 Å². The predicted molar refractivity (Wildman–Crippen MR) is 75.3 cm³/mol. The maximum Gasteiger partial charge on any atom is 0.257 e. The highest BCUT2D eigenvalue weighted by atomic mass is 35.5. The minimum Gasteiger partial charge on any atom is -0.497 e. The average Bonchev–Trinajstić information content (AvgIpc) is 2.83. The molecule has 1 aliphatic heterocycles. The molecular formula is C13H19ClN2O3. The fraction of sp³-hybridized carbons (Fsp3) is 0.462. The van der Waals surface area contributed by atoms with Gasteiger partial charge in [-0.3, -0.25) is 4.79 Å². The largest absolute Gasteiger partial charge is 0.497 e. The van der Waals surface area contributed by atoms with Crippen LogP contribution in [0, 0.1) is 0 Å². The number of nitrogens with two attached hydrogens (primary N) is 1. The monoisotopic (exact) mass is 286 g/mol. The van der Waals surface area contributed by atoms with Gasteiger partial charge in [0.05, 0.1) is 19.8 Å². The predicted octanol–water partition coefficient (Wildman–Crippen LogP) is 1.30. The lowest BCUT2D eigenvalue weighted by Gasteiger charge is -2.18. The Morgan fingerprint density at radius 2 is 2.11 bits per heavy atom. The third-order valence-corrected chi connectivity index (χ3v) is 3.15. The van der Waals surface area contributed by atoms with Crippen LogP contribution in [0.3, 0.4) is 0 Å². The van der Waals surface area contributed by atoms with Crippen LogP contribution in [0.25, 0.3) is 0 Å². The maximum atomic E-state index is 12.4. The molecule has 1 aliphatic rings. The van der Waals surface area contributed by atoms with Crippen molar-refractivity contribution >= 4 is 18.3 Å². The SMILES string of the molecule is COc1ccc(OC)c(C(=O)N2CCC(N)C2)c1.Cl. The molecule has 1 amide bonds. The molecule has 0 radical (unpaired) electrons. The van der Waals surface area contributed by atoms with E-state index >= 15 is 0 Å². The van der Waals surface area contributed by atoms with Crippen molar-refractivity contribution in [3.63, 3.8) is 0 Å². The van der Waals surface area contributed by atoms with Gasteiger partial charge in [-0.1, -0.05) is 0 Å². The van der Waals surface area contributed by atoms with E-state index in [-0.39, 0.29) is 24.4 Å². The van der Waals surface area contributed by atoms with Crippen LogP contribution in [0.4, 0.5) is 0 Å². The van der Waals surface area contributed by atoms with Crippen LogP contribution >= 0.6 is 12.4 Å². The van der Waals surface area contributed by atoms with Crippen LogP contribution in [-0.2, 0) is 0 Å². The normalized spacial score (nSPS) is 17.8. The molecule has 1 unspecified atom stereocenters. The zero-order valence-corrected chi connectivity index (χ0v) is 11.9. The number of halogens is 1. The van der Waals surface area contributed by atoms with Crippen molar-refractivity contribution in [3.8, 4) is 11.5 Å². The molecule has 1 fully saturated rings. The number of hydrogen-bond donors (Lipinski definition) is 1. The molecule has 1 aromatic carbocycles. The Bertz CT molecular complexity index is 454. The molecule has 2 rings (SSSR count). The highest BCUT2D eigenvalue weighted by Crippen LogP contribution is 2.26. The Hall–Kier alpha value is -1.46. The number of benzene rings is 1. The molecule has 19 heavy (non-hydrogen) atoms. The summed E-state index contributed by atoms with van der Waals surface area (Å²) < 4.78 is 10.4. The van der Waals surface area contributed by atoms with E-state index in [1.54, 1.807) is 37.3 Å². The summed E-state index contributed by atoms with van der Waals surface area (Å²) in [6.45, 7) is 1.29. The number of hydrogen-bond acceptors (Lipinski definition) is 4. The van der Waals surface area contributed by atoms with E-state index in [9.17, 15) is 4.79 Å². The summed E-state index contributed by atoms with van der Waals surface area (Å²) in [6, 6.07) is 5.28. The van der Waals surface area contributed by atoms with E-state index in [0.29, 0.717) is 30.2 Å². The van der Waals surface area contributed by atoms with Crippen molar-refractivity contribution in [1.29, 1.82) is 0 Å². The van der Waals surface area contributed by atoms with Crippen molar-refractivity contribution in [2.24, 2.45) is 5.73 Å². The number of rotatable bonds is 3. The summed E-state index contributed by atoms with van der Waals surface area (Å²) >= 11 is 0. The molecule has 6 heteroatoms. The summed E-state index contributed by atoms with van der Waals surface area (Å²) in [4.78, 5) is 14.1. The molecule has 0 aromatic heterocycles. The maximum absolute atomic E-state index is 12.4. The first-order chi connectivity index (χ1) is 8.65. The third kappa shape index (κ3) is 3.30. The minimum atomic E-state index is -0.0568. The first-order valence-electron chi connectivity index (χ1n) is 5.92. The topological polar surface area (TPSA) is 64.8 Å². The lowest BCUT2D eigenvalue weighted by Crippen LogP contribution is -2.32. The molecular weight excluding hydrogens is 268 g/mol. The first kappa shape index (κ1) is 15.6. The summed E-state index contributed by atoms with van der Waals surface area (Å²) in [5.74, 6) is 1.14. The molecule has 1 heterocycles. The van der Waals surface area contributed by atoms with Gasteiger partial charge >= 0.3 is 0 Å². The van der Waals surface area contributed by atoms with Crippen molar-refractivity contribution < 1.29 is 14.3 Å². The van der Waals surface area contributed by atoms with Crippen molar-refractivity contribution in [2.45, 2.75) is 12.5 Å². The summed E-state index contributed by atoms with van der Waals surface area (Å²) in [5, 5.41) is 0. The van der Waals surface area contributed by atoms with E-state index in [2.05, 4.69) is 0 Å². The molecule has 1 aromatic rings. The lowest BCUT2D eigenvalue weighted by molar-refractivity contribution is 0.0787. The van der Waals surface area contributed by atoms with Gasteiger partial charge in [-0.25, -0.2) is 0 Å². The quantitative estimate of drug-likeness (QED) is 0.910. The highest BCUT2D eigenvalue weighted by Gasteiger charge is 2.26. The van der Waals surface area contributed by atoms with Crippen molar-refractivity contribution in [1.82, 2.24) is 4.90 Å². The fourth-order valence-corrected chi connectivity index (χ4v) is 2.12. The smallest absolute Gasteiger partial charge is 0.257 e. The number of carbonyl (C=O) groups is 1. The van der Waals surface area contributed by atoms with Gasteiger partial charge in [0.2, 0.25) is 0 Å². The summed E-state index contributed by atoms with van der Waals surface area (Å²) in [7, 11) is 3.12. The zero-order valence-electron chi connectivity index (χ0n) is 11.1. The standard InChI is InChI=1S/C13H18N2O3.ClH/c1-17-10-3-4-12(18-2)11(7-10)13(16)15-6-5-9(14)8-15;/h3-4,7,9H,5-6,8,14H2,1-2H3;1H. The summed E-state index contributed by atoms with van der Waals surface area (Å²) in [5.41, 5.74) is 6.34. The molecule has 1 atom stereocenters. The molecule has 5 nitrogen and oxygen atoms in total. The molecule has 2 N–H and O–H groups in total. The van der Waals surface area contributed by atoms with Crippen LogP contribution < -0.4 is 15.2 Å². The zero-order chi connectivity index (χ0) is 13.1. The number of nitrogens with zero attached hydrogens (tertiary/aromatic N) is 1. The second-order valence-electron chi connectivity index (χ2n) is 4.37. The molecule has 0 spiro atoms. The Labute approximate surface area is 119 Å². The molecule has 106 valence electrons. The van der Waals surface area contributed by atoms with E-state index in [4.69, 9.17) is 15.2 Å². The minimum absolute atomic E-state index is 0. The number of carbonyl (C=O) groups excluding carboxylic acids is 1. The van der Waals surface area contributed by atoms with Gasteiger partial charge in [0.25, 0.3) is 5.91 Å². The molecule has 0 saturated carbocycles. The van der Waals surface area contributed by atoms with E-state index in [0.717, 1.165) is 6.42 Å². The molecule has 0 bridgehead atoms. The Morgan fingerprint density at radius 3 is 2.63 bits per heavy atom. The van der Waals surface area contributed by atoms with Crippen LogP contribution in [-0.4, -0.2) is 44.2 Å². The van der Waals surface area contributed by atoms with Crippen molar-refractivity contribution in [3.05, 3.63) is 23.8 Å². The van der Waals surface area contributed by atoms with Crippen LogP contribution in [0.15, 0.2) is 18.2 Å². The van der Waals surface area contributed by atoms with Gasteiger partial charge in [-0.15, -0.1) is 12.4 Å². The Balaban J connectivity index is 0.00000180. The molecule has 0 aliphatic carbocycles. The van der Waals surface area contributed by atoms with E-state index in [1.165, 1.54) is 0 Å². The van der Waals surface area contributed by atoms with Gasteiger partial charge in [0.1, 0.15) is 11.5 Å². The first-order valence-corrected chi connectivity index (χ1v) is 5.92. The van der Waals surface area contributed by atoms with Gasteiger partial charge in [0.15, 0.2) is 0 Å².